The van der Waals surface area contributed by atoms with Gasteiger partial charge in [-0.15, -0.1) is 0 Å². The van der Waals surface area contributed by atoms with Crippen LogP contribution in [0.2, 0.25) is 5.02 Å². The number of hydrogen-bond acceptors (Lipinski definition) is 6. The molecule has 1 aliphatic heterocycles. The van der Waals surface area contributed by atoms with Crippen molar-refractivity contribution in [3.05, 3.63) is 23.2 Å². The summed E-state index contributed by atoms with van der Waals surface area (Å²) in [6.45, 7) is 4.52. The molecule has 0 aliphatic carbocycles. The van der Waals surface area contributed by atoms with Crippen molar-refractivity contribution >= 4 is 33.5 Å². The second-order valence-corrected chi connectivity index (χ2v) is 8.91. The Kier molecular flexibility index (Phi) is 10.7. The minimum Gasteiger partial charge on any atom is -0.495 e. The van der Waals surface area contributed by atoms with Crippen molar-refractivity contribution in [2.45, 2.75) is 24.4 Å². The number of alkyl halides is 3. The summed E-state index contributed by atoms with van der Waals surface area (Å²) in [4.78, 5) is 23.1. The molecule has 0 aromatic heterocycles. The van der Waals surface area contributed by atoms with Crippen LogP contribution in [0.15, 0.2) is 23.1 Å². The maximum atomic E-state index is 13.1. The quantitative estimate of drug-likeness (QED) is 0.583. The summed E-state index contributed by atoms with van der Waals surface area (Å²) in [6, 6.07) is 4.43. The third kappa shape index (κ3) is 8.11. The van der Waals surface area contributed by atoms with Gasteiger partial charge in [-0.05, 0) is 24.6 Å². The van der Waals surface area contributed by atoms with Crippen molar-refractivity contribution in [3.8, 4) is 5.75 Å². The number of carboxylic acids is 1. The normalized spacial score (nSPS) is 14.5. The van der Waals surface area contributed by atoms with Gasteiger partial charge in [0.1, 0.15) is 10.6 Å². The molecule has 1 aromatic carbocycles. The molecule has 182 valence electrons. The highest BCUT2D eigenvalue weighted by Crippen LogP contribution is 2.29. The van der Waals surface area contributed by atoms with Gasteiger partial charge in [0.25, 0.3) is 0 Å². The number of aliphatic carboxylic acids is 1. The van der Waals surface area contributed by atoms with Gasteiger partial charge in [-0.25, -0.2) is 13.2 Å². The number of methoxy groups -OCH3 is 1. The predicted octanol–water partition coefficient (Wildman–Crippen LogP) is 1.81. The molecule has 2 rings (SSSR count). The van der Waals surface area contributed by atoms with E-state index < -0.39 is 22.2 Å². The summed E-state index contributed by atoms with van der Waals surface area (Å²) in [5.41, 5.74) is 0. The smallest absolute Gasteiger partial charge is 0.490 e. The molecule has 0 spiro atoms. The van der Waals surface area contributed by atoms with E-state index in [9.17, 15) is 26.4 Å². The molecule has 1 fully saturated rings. The van der Waals surface area contributed by atoms with Gasteiger partial charge in [-0.3, -0.25) is 4.79 Å². The number of amides is 1. The van der Waals surface area contributed by atoms with Crippen LogP contribution in [0.4, 0.5) is 13.2 Å². The van der Waals surface area contributed by atoms with Crippen molar-refractivity contribution in [1.82, 2.24) is 14.5 Å². The van der Waals surface area contributed by atoms with E-state index in [1.807, 2.05) is 6.92 Å². The number of carboxylic acid groups (broad SMARTS) is 1. The van der Waals surface area contributed by atoms with E-state index in [-0.39, 0.29) is 29.6 Å². The molecule has 1 amide bonds. The summed E-state index contributed by atoms with van der Waals surface area (Å²) in [5.74, 6) is -2.74. The molecule has 32 heavy (non-hydrogen) atoms. The van der Waals surface area contributed by atoms with Crippen molar-refractivity contribution < 1.29 is 41.0 Å². The molecule has 0 radical (unpaired) electrons. The first-order valence-corrected chi connectivity index (χ1v) is 11.3. The minimum atomic E-state index is -5.08. The highest BCUT2D eigenvalue weighted by molar-refractivity contribution is 7.89. The summed E-state index contributed by atoms with van der Waals surface area (Å²) in [7, 11) is -2.50. The van der Waals surface area contributed by atoms with Crippen LogP contribution >= 0.6 is 11.6 Å². The molecule has 14 heteroatoms. The predicted molar refractivity (Wildman–Crippen MR) is 110 cm³/mol. The Morgan fingerprint density at radius 3 is 2.31 bits per heavy atom. The van der Waals surface area contributed by atoms with Gasteiger partial charge in [0.05, 0.1) is 13.7 Å². The van der Waals surface area contributed by atoms with Crippen LogP contribution in [0.5, 0.6) is 5.75 Å². The van der Waals surface area contributed by atoms with E-state index in [0.29, 0.717) is 37.6 Å². The van der Waals surface area contributed by atoms with Gasteiger partial charge in [0, 0.05) is 37.7 Å². The lowest BCUT2D eigenvalue weighted by molar-refractivity contribution is -0.192. The fourth-order valence-corrected chi connectivity index (χ4v) is 4.59. The van der Waals surface area contributed by atoms with Gasteiger partial charge >= 0.3 is 12.1 Å². The number of sulfonamides is 1. The first-order chi connectivity index (χ1) is 14.8. The molecule has 1 heterocycles. The van der Waals surface area contributed by atoms with Crippen molar-refractivity contribution in [1.29, 1.82) is 0 Å². The fraction of sp³-hybridized carbons (Fsp3) is 0.556. The molecule has 0 unspecified atom stereocenters. The van der Waals surface area contributed by atoms with E-state index in [0.717, 1.165) is 0 Å². The Morgan fingerprint density at radius 2 is 1.84 bits per heavy atom. The lowest BCUT2D eigenvalue weighted by atomic mass is 10.3. The third-order valence-corrected chi connectivity index (χ3v) is 6.34. The molecule has 9 nitrogen and oxygen atoms in total. The number of benzene rings is 1. The lowest BCUT2D eigenvalue weighted by Crippen LogP contribution is -2.50. The number of piperazine rings is 1. The lowest BCUT2D eigenvalue weighted by Gasteiger charge is -2.30. The Hall–Kier alpha value is -2.09. The average molecular weight is 504 g/mol. The topological polar surface area (TPSA) is 116 Å². The molecular formula is C18H25ClF3N3O6S. The highest BCUT2D eigenvalue weighted by atomic mass is 35.5. The number of hydrogen-bond donors (Lipinski definition) is 2. The molecular weight excluding hydrogens is 479 g/mol. The molecule has 1 aliphatic rings. The fourth-order valence-electron chi connectivity index (χ4n) is 2.69. The van der Waals surface area contributed by atoms with Crippen LogP contribution in [0.1, 0.15) is 13.3 Å². The molecule has 1 aromatic rings. The first kappa shape index (κ1) is 27.9. The zero-order chi connectivity index (χ0) is 24.5. The third-order valence-electron chi connectivity index (χ3n) is 4.24. The number of ether oxygens (including phenoxy) is 1. The van der Waals surface area contributed by atoms with E-state index >= 15 is 0 Å². The molecule has 0 saturated carbocycles. The Morgan fingerprint density at radius 1 is 1.28 bits per heavy atom. The van der Waals surface area contributed by atoms with Crippen LogP contribution in [0.25, 0.3) is 0 Å². The second-order valence-electron chi connectivity index (χ2n) is 6.57. The van der Waals surface area contributed by atoms with E-state index in [1.165, 1.54) is 23.5 Å². The molecule has 0 atom stereocenters. The van der Waals surface area contributed by atoms with Gasteiger partial charge in [0.2, 0.25) is 15.9 Å². The molecule has 1 saturated heterocycles. The van der Waals surface area contributed by atoms with Crippen molar-refractivity contribution in [2.75, 3.05) is 46.4 Å². The molecule has 2 N–H and O–H groups in total. The summed E-state index contributed by atoms with van der Waals surface area (Å²) < 4.78 is 64.3. The van der Waals surface area contributed by atoms with E-state index in [4.69, 9.17) is 26.2 Å². The standard InChI is InChI=1S/C16H24ClN3O4S.C2HF3O2/c1-3-8-20(12-16(21)19-9-6-18-7-10-19)25(22,23)15-11-13(17)4-5-14(15)24-2;3-2(4,5)1(6)7/h4-5,11,18H,3,6-10,12H2,1-2H3;(H,6,7). The number of nitrogens with zero attached hydrogens (tertiary/aromatic N) is 2. The van der Waals surface area contributed by atoms with Crippen LogP contribution < -0.4 is 10.1 Å². The summed E-state index contributed by atoms with van der Waals surface area (Å²) in [5, 5.41) is 10.6. The largest absolute Gasteiger partial charge is 0.495 e. The highest BCUT2D eigenvalue weighted by Gasteiger charge is 2.38. The number of halogens is 4. The van der Waals surface area contributed by atoms with Crippen LogP contribution in [-0.2, 0) is 19.6 Å². The summed E-state index contributed by atoms with van der Waals surface area (Å²) >= 11 is 5.97. The number of rotatable bonds is 7. The number of carbonyl (C=O) groups is 2. The Balaban J connectivity index is 0.000000633. The van der Waals surface area contributed by atoms with E-state index in [2.05, 4.69) is 5.32 Å². The number of nitrogens with one attached hydrogen (secondary N) is 1. The van der Waals surface area contributed by atoms with Crippen molar-refractivity contribution in [3.63, 3.8) is 0 Å². The van der Waals surface area contributed by atoms with Crippen LogP contribution in [0.3, 0.4) is 0 Å². The number of carbonyl (C=O) groups excluding carboxylic acids is 1. The van der Waals surface area contributed by atoms with Gasteiger partial charge in [-0.1, -0.05) is 18.5 Å². The second kappa shape index (κ2) is 12.2. The maximum absolute atomic E-state index is 13.1. The Bertz CT molecular complexity index is 892. The van der Waals surface area contributed by atoms with Gasteiger partial charge in [-0.2, -0.15) is 17.5 Å². The first-order valence-electron chi connectivity index (χ1n) is 9.46. The van der Waals surface area contributed by atoms with Crippen LogP contribution in [-0.4, -0.2) is 87.2 Å². The van der Waals surface area contributed by atoms with E-state index in [1.54, 1.807) is 11.0 Å². The SMILES string of the molecule is CCCN(CC(=O)N1CCNCC1)S(=O)(=O)c1cc(Cl)ccc1OC.O=C(O)C(F)(F)F. The molecule has 0 bridgehead atoms. The summed E-state index contributed by atoms with van der Waals surface area (Å²) in [6.07, 6.45) is -4.49. The zero-order valence-corrected chi connectivity index (χ0v) is 19.1. The Labute approximate surface area is 189 Å². The zero-order valence-electron chi connectivity index (χ0n) is 17.5. The maximum Gasteiger partial charge on any atom is 0.490 e. The van der Waals surface area contributed by atoms with Crippen molar-refractivity contribution in [2.24, 2.45) is 0 Å². The average Bonchev–Trinajstić information content (AvgIpc) is 2.73. The van der Waals surface area contributed by atoms with Gasteiger partial charge < -0.3 is 20.1 Å². The van der Waals surface area contributed by atoms with Crippen LogP contribution in [0, 0.1) is 0 Å². The monoisotopic (exact) mass is 503 g/mol. The minimum absolute atomic E-state index is 0.0240. The van der Waals surface area contributed by atoms with Gasteiger partial charge in [0.15, 0.2) is 0 Å².